The number of aliphatic carboxylic acids is 1. The van der Waals surface area contributed by atoms with Crippen LogP contribution in [0.1, 0.15) is 41.1 Å². The van der Waals surface area contributed by atoms with Crippen molar-refractivity contribution in [2.75, 3.05) is 0 Å². The third-order valence-corrected chi connectivity index (χ3v) is 4.12. The maximum absolute atomic E-state index is 11.4. The summed E-state index contributed by atoms with van der Waals surface area (Å²) in [5.74, 6) is -0.120. The summed E-state index contributed by atoms with van der Waals surface area (Å²) in [6.45, 7) is 0. The van der Waals surface area contributed by atoms with E-state index in [0.29, 0.717) is 17.3 Å². The van der Waals surface area contributed by atoms with Gasteiger partial charge in [0.25, 0.3) is 0 Å². The van der Waals surface area contributed by atoms with Crippen molar-refractivity contribution in [2.24, 2.45) is 0 Å². The van der Waals surface area contributed by atoms with E-state index in [0.717, 1.165) is 24.2 Å². The van der Waals surface area contributed by atoms with Gasteiger partial charge in [0.05, 0.1) is 0 Å². The summed E-state index contributed by atoms with van der Waals surface area (Å²) in [6.07, 6.45) is 2.73. The van der Waals surface area contributed by atoms with Gasteiger partial charge in [0.15, 0.2) is 0 Å². The fourth-order valence-corrected chi connectivity index (χ4v) is 2.85. The van der Waals surface area contributed by atoms with Gasteiger partial charge in [0.2, 0.25) is 0 Å². The van der Waals surface area contributed by atoms with E-state index in [1.54, 1.807) is 0 Å². The minimum Gasteiger partial charge on any atom is -0.481 e. The highest BCUT2D eigenvalue weighted by molar-refractivity contribution is 7.05. The van der Waals surface area contributed by atoms with Crippen LogP contribution >= 0.6 is 11.5 Å². The van der Waals surface area contributed by atoms with Gasteiger partial charge in [-0.2, -0.15) is 4.37 Å². The first-order valence-electron chi connectivity index (χ1n) is 6.34. The Kier molecular flexibility index (Phi) is 3.29. The molecule has 0 aliphatic heterocycles. The number of nitrogens with zero attached hydrogens (tertiary/aromatic N) is 2. The molecule has 0 amide bonds. The molecule has 1 unspecified atom stereocenters. The van der Waals surface area contributed by atoms with E-state index in [-0.39, 0.29) is 0 Å². The average Bonchev–Trinajstić information content (AvgIpc) is 3.16. The van der Waals surface area contributed by atoms with Crippen LogP contribution in [0, 0.1) is 0 Å². The molecule has 5 heteroatoms. The second-order valence-corrected chi connectivity index (χ2v) is 5.63. The lowest BCUT2D eigenvalue weighted by atomic mass is 10.0. The zero-order valence-electron chi connectivity index (χ0n) is 10.3. The van der Waals surface area contributed by atoms with Crippen LogP contribution in [-0.4, -0.2) is 20.4 Å². The first-order chi connectivity index (χ1) is 9.24. The van der Waals surface area contributed by atoms with Crippen molar-refractivity contribution in [3.05, 3.63) is 46.7 Å². The number of carboxylic acids is 1. The summed E-state index contributed by atoms with van der Waals surface area (Å²) >= 11 is 1.23. The lowest BCUT2D eigenvalue weighted by Crippen LogP contribution is -2.14. The summed E-state index contributed by atoms with van der Waals surface area (Å²) < 4.78 is 4.29. The lowest BCUT2D eigenvalue weighted by Gasteiger charge is -2.08. The van der Waals surface area contributed by atoms with Gasteiger partial charge in [-0.1, -0.05) is 30.3 Å². The van der Waals surface area contributed by atoms with Gasteiger partial charge in [-0.25, -0.2) is 4.98 Å². The average molecular weight is 274 g/mol. The first kappa shape index (κ1) is 12.3. The predicted octanol–water partition coefficient (Wildman–Crippen LogP) is 2.83. The second kappa shape index (κ2) is 5.09. The monoisotopic (exact) mass is 274 g/mol. The highest BCUT2D eigenvalue weighted by Crippen LogP contribution is 2.39. The normalized spacial score (nSPS) is 16.2. The Morgan fingerprint density at radius 2 is 2.11 bits per heavy atom. The van der Waals surface area contributed by atoms with Gasteiger partial charge in [-0.3, -0.25) is 4.79 Å². The van der Waals surface area contributed by atoms with Crippen molar-refractivity contribution < 1.29 is 9.90 Å². The van der Waals surface area contributed by atoms with Gasteiger partial charge in [0, 0.05) is 5.92 Å². The highest BCUT2D eigenvalue weighted by Gasteiger charge is 2.31. The van der Waals surface area contributed by atoms with Crippen molar-refractivity contribution in [2.45, 2.75) is 31.1 Å². The standard InChI is InChI=1S/C14H14N2O2S/c17-14(18)11(8-9-4-2-1-3-5-9)13-15-12(16-19-13)10-6-7-10/h1-5,10-11H,6-8H2,(H,17,18). The zero-order chi connectivity index (χ0) is 13.2. The van der Waals surface area contributed by atoms with Crippen molar-refractivity contribution in [3.8, 4) is 0 Å². The third-order valence-electron chi connectivity index (χ3n) is 3.28. The van der Waals surface area contributed by atoms with Crippen LogP contribution in [0.3, 0.4) is 0 Å². The summed E-state index contributed by atoms with van der Waals surface area (Å²) in [6, 6.07) is 9.65. The topological polar surface area (TPSA) is 63.1 Å². The number of benzene rings is 1. The molecule has 1 aliphatic carbocycles. The fraction of sp³-hybridized carbons (Fsp3) is 0.357. The Balaban J connectivity index is 1.81. The Morgan fingerprint density at radius 1 is 1.37 bits per heavy atom. The molecule has 1 saturated carbocycles. The largest absolute Gasteiger partial charge is 0.481 e. The molecule has 0 radical (unpaired) electrons. The maximum Gasteiger partial charge on any atom is 0.313 e. The molecule has 1 aromatic heterocycles. The van der Waals surface area contributed by atoms with E-state index >= 15 is 0 Å². The quantitative estimate of drug-likeness (QED) is 0.910. The van der Waals surface area contributed by atoms with Crippen molar-refractivity contribution in [1.82, 2.24) is 9.36 Å². The molecule has 4 nitrogen and oxygen atoms in total. The van der Waals surface area contributed by atoms with Crippen LogP contribution in [0.25, 0.3) is 0 Å². The molecule has 1 aromatic carbocycles. The van der Waals surface area contributed by atoms with E-state index in [9.17, 15) is 9.90 Å². The predicted molar refractivity (Wildman–Crippen MR) is 72.4 cm³/mol. The molecule has 98 valence electrons. The smallest absolute Gasteiger partial charge is 0.313 e. The minimum atomic E-state index is -0.831. The molecule has 2 aromatic rings. The molecular weight excluding hydrogens is 260 g/mol. The van der Waals surface area contributed by atoms with Gasteiger partial charge >= 0.3 is 5.97 Å². The van der Waals surface area contributed by atoms with Gasteiger partial charge < -0.3 is 5.11 Å². The zero-order valence-corrected chi connectivity index (χ0v) is 11.1. The van der Waals surface area contributed by atoms with Crippen molar-refractivity contribution in [3.63, 3.8) is 0 Å². The Labute approximate surface area is 115 Å². The number of rotatable bonds is 5. The summed E-state index contributed by atoms with van der Waals surface area (Å²) in [5, 5.41) is 10.0. The van der Waals surface area contributed by atoms with Crippen LogP contribution in [-0.2, 0) is 11.2 Å². The van der Waals surface area contributed by atoms with Gasteiger partial charge in [-0.15, -0.1) is 0 Å². The summed E-state index contributed by atoms with van der Waals surface area (Å²) in [5.41, 5.74) is 1.01. The Morgan fingerprint density at radius 3 is 2.74 bits per heavy atom. The fourth-order valence-electron chi connectivity index (χ4n) is 2.03. The van der Waals surface area contributed by atoms with E-state index < -0.39 is 11.9 Å². The van der Waals surface area contributed by atoms with Crippen LogP contribution in [0.2, 0.25) is 0 Å². The van der Waals surface area contributed by atoms with Crippen LogP contribution in [0.4, 0.5) is 0 Å². The highest BCUT2D eigenvalue weighted by atomic mass is 32.1. The van der Waals surface area contributed by atoms with Crippen molar-refractivity contribution >= 4 is 17.5 Å². The molecule has 1 atom stereocenters. The molecule has 3 rings (SSSR count). The second-order valence-electron chi connectivity index (χ2n) is 4.85. The van der Waals surface area contributed by atoms with Crippen LogP contribution in [0.5, 0.6) is 0 Å². The molecule has 1 fully saturated rings. The van der Waals surface area contributed by atoms with Crippen LogP contribution < -0.4 is 0 Å². The number of carboxylic acid groups (broad SMARTS) is 1. The van der Waals surface area contributed by atoms with E-state index in [1.165, 1.54) is 11.5 Å². The van der Waals surface area contributed by atoms with E-state index in [2.05, 4.69) is 9.36 Å². The van der Waals surface area contributed by atoms with Gasteiger partial charge in [-0.05, 0) is 36.4 Å². The SMILES string of the molecule is O=C(O)C(Cc1ccccc1)c1nc(C2CC2)ns1. The molecular formula is C14H14N2O2S. The molecule has 0 saturated heterocycles. The Hall–Kier alpha value is -1.75. The molecule has 0 spiro atoms. The minimum absolute atomic E-state index is 0.468. The van der Waals surface area contributed by atoms with E-state index in [1.807, 2.05) is 30.3 Å². The number of hydrogen-bond acceptors (Lipinski definition) is 4. The molecule has 19 heavy (non-hydrogen) atoms. The lowest BCUT2D eigenvalue weighted by molar-refractivity contribution is -0.138. The Bertz CT molecular complexity index is 578. The summed E-state index contributed by atoms with van der Waals surface area (Å²) in [7, 11) is 0. The first-order valence-corrected chi connectivity index (χ1v) is 7.11. The van der Waals surface area contributed by atoms with Crippen molar-refractivity contribution in [1.29, 1.82) is 0 Å². The number of carbonyl (C=O) groups is 1. The number of hydrogen-bond donors (Lipinski definition) is 1. The molecule has 0 bridgehead atoms. The molecule has 1 N–H and O–H groups in total. The summed E-state index contributed by atoms with van der Waals surface area (Å²) in [4.78, 5) is 15.9. The molecule has 1 aliphatic rings. The van der Waals surface area contributed by atoms with Gasteiger partial charge in [0.1, 0.15) is 16.7 Å². The molecule has 1 heterocycles. The maximum atomic E-state index is 11.4. The third kappa shape index (κ3) is 2.81. The number of aromatic nitrogens is 2. The van der Waals surface area contributed by atoms with Crippen LogP contribution in [0.15, 0.2) is 30.3 Å². The van der Waals surface area contributed by atoms with E-state index in [4.69, 9.17) is 0 Å².